The molecular weight excluding hydrogens is 396 g/mol. The van der Waals surface area contributed by atoms with E-state index >= 15 is 0 Å². The highest BCUT2D eigenvalue weighted by Gasteiger charge is 2.27. The van der Waals surface area contributed by atoms with Crippen molar-refractivity contribution < 1.29 is 17.9 Å². The minimum atomic E-state index is -3.66. The van der Waals surface area contributed by atoms with Crippen LogP contribution in [-0.2, 0) is 14.8 Å². The van der Waals surface area contributed by atoms with Crippen molar-refractivity contribution in [1.82, 2.24) is 14.5 Å². The summed E-state index contributed by atoms with van der Waals surface area (Å²) in [4.78, 5) is 12.7. The van der Waals surface area contributed by atoms with Crippen LogP contribution in [-0.4, -0.2) is 61.4 Å². The van der Waals surface area contributed by atoms with Gasteiger partial charge in [0.15, 0.2) is 4.34 Å². The summed E-state index contributed by atoms with van der Waals surface area (Å²) >= 11 is 2.70. The molecule has 1 aromatic heterocycles. The Morgan fingerprint density at radius 2 is 2.04 bits per heavy atom. The van der Waals surface area contributed by atoms with Gasteiger partial charge in [-0.25, -0.2) is 8.42 Å². The molecule has 0 unspecified atom stereocenters. The normalized spacial score (nSPS) is 15.8. The molecule has 0 spiro atoms. The van der Waals surface area contributed by atoms with Crippen LogP contribution in [0.25, 0.3) is 0 Å². The summed E-state index contributed by atoms with van der Waals surface area (Å²) in [6, 6.07) is 4.56. The lowest BCUT2D eigenvalue weighted by atomic mass is 10.1. The number of nitrogens with zero attached hydrogens (tertiary/aromatic N) is 3. The topological polar surface area (TPSA) is 101 Å². The van der Waals surface area contributed by atoms with Crippen molar-refractivity contribution in [2.24, 2.45) is 0 Å². The maximum absolute atomic E-state index is 12.8. The third-order valence-corrected chi connectivity index (χ3v) is 7.57. The van der Waals surface area contributed by atoms with Gasteiger partial charge in [0.25, 0.3) is 5.91 Å². The number of sulfonamides is 1. The van der Waals surface area contributed by atoms with E-state index in [0.29, 0.717) is 42.6 Å². The molecule has 0 saturated carbocycles. The van der Waals surface area contributed by atoms with Gasteiger partial charge in [-0.2, -0.15) is 4.31 Å². The van der Waals surface area contributed by atoms with Crippen LogP contribution in [0.5, 0.6) is 0 Å². The summed E-state index contributed by atoms with van der Waals surface area (Å²) in [7, 11) is -3.66. The number of amides is 1. The number of rotatable bonds is 5. The van der Waals surface area contributed by atoms with Crippen molar-refractivity contribution in [2.75, 3.05) is 37.9 Å². The second-order valence-electron chi connectivity index (χ2n) is 5.52. The smallest absolute Gasteiger partial charge is 0.257 e. The lowest BCUT2D eigenvalue weighted by molar-refractivity contribution is 0.0730. The first-order valence-electron chi connectivity index (χ1n) is 7.79. The zero-order chi connectivity index (χ0) is 18.7. The Bertz CT molecular complexity index is 907. The molecule has 2 heterocycles. The summed E-state index contributed by atoms with van der Waals surface area (Å²) in [6.07, 6.45) is 1.87. The van der Waals surface area contributed by atoms with Gasteiger partial charge in [0.2, 0.25) is 15.2 Å². The van der Waals surface area contributed by atoms with Gasteiger partial charge in [0.05, 0.1) is 18.1 Å². The van der Waals surface area contributed by atoms with Gasteiger partial charge >= 0.3 is 0 Å². The molecule has 1 amide bonds. The number of carbonyl (C=O) groups is 1. The molecule has 3 rings (SSSR count). The molecule has 26 heavy (non-hydrogen) atoms. The van der Waals surface area contributed by atoms with Crippen molar-refractivity contribution in [2.45, 2.75) is 16.2 Å². The van der Waals surface area contributed by atoms with Crippen molar-refractivity contribution >= 4 is 44.2 Å². The van der Waals surface area contributed by atoms with E-state index in [-0.39, 0.29) is 4.90 Å². The van der Waals surface area contributed by atoms with E-state index in [1.165, 1.54) is 39.5 Å². The monoisotopic (exact) mass is 414 g/mol. The molecule has 11 heteroatoms. The van der Waals surface area contributed by atoms with Crippen LogP contribution in [0.2, 0.25) is 0 Å². The fourth-order valence-corrected chi connectivity index (χ4v) is 5.05. The maximum Gasteiger partial charge on any atom is 0.257 e. The van der Waals surface area contributed by atoms with Gasteiger partial charge < -0.3 is 4.74 Å². The molecule has 1 aromatic carbocycles. The number of hydrogen-bond acceptors (Lipinski definition) is 8. The fraction of sp³-hybridized carbons (Fsp3) is 0.400. The highest BCUT2D eigenvalue weighted by molar-refractivity contribution is 8.00. The molecular formula is C15H18N4O4S3. The molecule has 8 nitrogen and oxygen atoms in total. The first kappa shape index (κ1) is 19.2. The number of hydrogen-bond donors (Lipinski definition) is 1. The lowest BCUT2D eigenvalue weighted by Gasteiger charge is -2.26. The Kier molecular flexibility index (Phi) is 5.92. The van der Waals surface area contributed by atoms with Crippen LogP contribution in [0.3, 0.4) is 0 Å². The molecule has 0 radical (unpaired) electrons. The average molecular weight is 415 g/mol. The molecule has 140 valence electrons. The van der Waals surface area contributed by atoms with Gasteiger partial charge in [-0.3, -0.25) is 10.1 Å². The molecule has 1 saturated heterocycles. The fourth-order valence-electron chi connectivity index (χ4n) is 2.45. The maximum atomic E-state index is 12.8. The van der Waals surface area contributed by atoms with E-state index in [1.54, 1.807) is 13.0 Å². The zero-order valence-electron chi connectivity index (χ0n) is 14.3. The number of morpholine rings is 1. The highest BCUT2D eigenvalue weighted by Crippen LogP contribution is 2.25. The highest BCUT2D eigenvalue weighted by atomic mass is 32.2. The van der Waals surface area contributed by atoms with Crippen molar-refractivity contribution in [3.8, 4) is 0 Å². The van der Waals surface area contributed by atoms with Crippen LogP contribution in [0.1, 0.15) is 15.9 Å². The third-order valence-electron chi connectivity index (χ3n) is 3.86. The van der Waals surface area contributed by atoms with E-state index < -0.39 is 15.9 Å². The predicted molar refractivity (Wildman–Crippen MR) is 100 cm³/mol. The second kappa shape index (κ2) is 8.01. The van der Waals surface area contributed by atoms with E-state index in [2.05, 4.69) is 15.5 Å². The van der Waals surface area contributed by atoms with E-state index in [9.17, 15) is 13.2 Å². The zero-order valence-corrected chi connectivity index (χ0v) is 16.7. The lowest BCUT2D eigenvalue weighted by Crippen LogP contribution is -2.40. The standard InChI is InChI=1S/C15H18N4O4S3/c1-10-3-4-11(26(21,22)19-5-7-23-8-6-19)9-12(10)13(20)16-14-17-18-15(24-2)25-14/h3-4,9H,5-8H2,1-2H3,(H,16,17,20). The molecule has 0 bridgehead atoms. The average Bonchev–Trinajstić information content (AvgIpc) is 3.10. The van der Waals surface area contributed by atoms with E-state index in [0.717, 1.165) is 4.34 Å². The molecule has 1 aliphatic heterocycles. The third kappa shape index (κ3) is 4.07. The number of ether oxygens (including phenoxy) is 1. The van der Waals surface area contributed by atoms with Crippen LogP contribution < -0.4 is 5.32 Å². The van der Waals surface area contributed by atoms with Gasteiger partial charge in [-0.1, -0.05) is 29.2 Å². The number of aryl methyl sites for hydroxylation is 1. The molecule has 0 aliphatic carbocycles. The molecule has 1 N–H and O–H groups in total. The quantitative estimate of drug-likeness (QED) is 0.588. The van der Waals surface area contributed by atoms with Crippen molar-refractivity contribution in [3.63, 3.8) is 0 Å². The number of thioether (sulfide) groups is 1. The molecule has 2 aromatic rings. The molecule has 1 fully saturated rings. The number of anilines is 1. The summed E-state index contributed by atoms with van der Waals surface area (Å²) in [6.45, 7) is 3.11. The van der Waals surface area contributed by atoms with Crippen LogP contribution in [0, 0.1) is 6.92 Å². The van der Waals surface area contributed by atoms with Gasteiger partial charge in [-0.05, 0) is 30.9 Å². The van der Waals surface area contributed by atoms with Crippen molar-refractivity contribution in [1.29, 1.82) is 0 Å². The van der Waals surface area contributed by atoms with Gasteiger partial charge in [-0.15, -0.1) is 10.2 Å². The van der Waals surface area contributed by atoms with Crippen LogP contribution in [0.4, 0.5) is 5.13 Å². The summed E-state index contributed by atoms with van der Waals surface area (Å²) in [5, 5.41) is 10.9. The Hall–Kier alpha value is -1.53. The number of aromatic nitrogens is 2. The van der Waals surface area contributed by atoms with Crippen LogP contribution in [0.15, 0.2) is 27.4 Å². The minimum Gasteiger partial charge on any atom is -0.379 e. The van der Waals surface area contributed by atoms with E-state index in [1.807, 2.05) is 6.26 Å². The Morgan fingerprint density at radius 1 is 1.31 bits per heavy atom. The van der Waals surface area contributed by atoms with Crippen LogP contribution >= 0.6 is 23.1 Å². The first-order valence-corrected chi connectivity index (χ1v) is 11.3. The number of benzene rings is 1. The number of nitrogens with one attached hydrogen (secondary N) is 1. The largest absolute Gasteiger partial charge is 0.379 e. The minimum absolute atomic E-state index is 0.0946. The van der Waals surface area contributed by atoms with Gasteiger partial charge in [0.1, 0.15) is 0 Å². The Balaban J connectivity index is 1.86. The van der Waals surface area contributed by atoms with Crippen molar-refractivity contribution in [3.05, 3.63) is 29.3 Å². The molecule has 0 atom stereocenters. The Labute approximate surface area is 160 Å². The summed E-state index contributed by atoms with van der Waals surface area (Å²) < 4.78 is 32.9. The summed E-state index contributed by atoms with van der Waals surface area (Å²) in [5.74, 6) is -0.412. The number of carbonyl (C=O) groups excluding carboxylic acids is 1. The second-order valence-corrected chi connectivity index (χ2v) is 9.49. The SMILES string of the molecule is CSc1nnc(NC(=O)c2cc(S(=O)(=O)N3CCOCC3)ccc2C)s1. The summed E-state index contributed by atoms with van der Waals surface area (Å²) in [5.41, 5.74) is 0.971. The van der Waals surface area contributed by atoms with E-state index in [4.69, 9.17) is 4.74 Å². The van der Waals surface area contributed by atoms with Gasteiger partial charge in [0, 0.05) is 18.7 Å². The Morgan fingerprint density at radius 3 is 2.69 bits per heavy atom. The first-order chi connectivity index (χ1) is 12.4. The predicted octanol–water partition coefficient (Wildman–Crippen LogP) is 1.84. The molecule has 1 aliphatic rings.